The van der Waals surface area contributed by atoms with Gasteiger partial charge in [0.15, 0.2) is 11.5 Å². The van der Waals surface area contributed by atoms with Gasteiger partial charge in [0.1, 0.15) is 5.76 Å². The third kappa shape index (κ3) is 2.63. The topological polar surface area (TPSA) is 71.7 Å². The highest BCUT2D eigenvalue weighted by atomic mass is 16.5. The van der Waals surface area contributed by atoms with Crippen LogP contribution in [-0.4, -0.2) is 18.1 Å². The molecule has 94 valence electrons. The Bertz CT molecular complexity index is 534. The first-order chi connectivity index (χ1) is 8.70. The molecule has 0 saturated carbocycles. The zero-order chi connectivity index (χ0) is 13.0. The van der Waals surface area contributed by atoms with Crippen molar-refractivity contribution in [1.29, 1.82) is 0 Å². The summed E-state index contributed by atoms with van der Waals surface area (Å²) in [6.45, 7) is 0.315. The molecule has 0 unspecified atom stereocenters. The number of hydrogen-bond donors (Lipinski definition) is 2. The molecule has 0 spiro atoms. The van der Waals surface area contributed by atoms with Crippen LogP contribution < -0.4 is 10.1 Å². The van der Waals surface area contributed by atoms with Crippen LogP contribution in [0.25, 0.3) is 0 Å². The quantitative estimate of drug-likeness (QED) is 0.865. The summed E-state index contributed by atoms with van der Waals surface area (Å²) < 4.78 is 10.0. The van der Waals surface area contributed by atoms with Gasteiger partial charge in [0, 0.05) is 5.56 Å². The maximum absolute atomic E-state index is 11.8. The Morgan fingerprint density at radius 3 is 2.94 bits per heavy atom. The third-order valence-electron chi connectivity index (χ3n) is 2.45. The molecule has 0 bridgehead atoms. The number of ether oxygens (including phenoxy) is 1. The Morgan fingerprint density at radius 1 is 1.44 bits per heavy atom. The van der Waals surface area contributed by atoms with Gasteiger partial charge < -0.3 is 19.6 Å². The average Bonchev–Trinajstić information content (AvgIpc) is 2.89. The van der Waals surface area contributed by atoms with E-state index in [1.807, 2.05) is 0 Å². The first-order valence-electron chi connectivity index (χ1n) is 5.38. The van der Waals surface area contributed by atoms with Gasteiger partial charge in [-0.05, 0) is 30.3 Å². The number of amides is 1. The number of hydrogen-bond acceptors (Lipinski definition) is 4. The lowest BCUT2D eigenvalue weighted by atomic mass is 10.2. The van der Waals surface area contributed by atoms with Crippen molar-refractivity contribution in [1.82, 2.24) is 5.32 Å². The number of methoxy groups -OCH3 is 1. The molecule has 0 radical (unpaired) electrons. The van der Waals surface area contributed by atoms with Crippen molar-refractivity contribution in [2.45, 2.75) is 6.54 Å². The van der Waals surface area contributed by atoms with Gasteiger partial charge in [-0.1, -0.05) is 0 Å². The summed E-state index contributed by atoms with van der Waals surface area (Å²) in [7, 11) is 1.43. The fraction of sp³-hybridized carbons (Fsp3) is 0.154. The number of phenols is 1. The van der Waals surface area contributed by atoms with E-state index >= 15 is 0 Å². The molecule has 1 aromatic carbocycles. The second kappa shape index (κ2) is 5.27. The zero-order valence-corrected chi connectivity index (χ0v) is 9.84. The second-order valence-electron chi connectivity index (χ2n) is 3.65. The minimum Gasteiger partial charge on any atom is -0.504 e. The highest BCUT2D eigenvalue weighted by Crippen LogP contribution is 2.26. The minimum atomic E-state index is -0.260. The molecule has 0 atom stereocenters. The molecule has 5 heteroatoms. The molecular weight excluding hydrogens is 234 g/mol. The first-order valence-corrected chi connectivity index (χ1v) is 5.38. The lowest BCUT2D eigenvalue weighted by molar-refractivity contribution is 0.0947. The monoisotopic (exact) mass is 247 g/mol. The van der Waals surface area contributed by atoms with Crippen molar-refractivity contribution in [3.05, 3.63) is 47.9 Å². The van der Waals surface area contributed by atoms with Crippen molar-refractivity contribution in [3.8, 4) is 11.5 Å². The van der Waals surface area contributed by atoms with Crippen LogP contribution in [0.5, 0.6) is 11.5 Å². The summed E-state index contributed by atoms with van der Waals surface area (Å²) in [6.07, 6.45) is 1.55. The Labute approximate surface area is 104 Å². The Hall–Kier alpha value is -2.43. The van der Waals surface area contributed by atoms with Crippen LogP contribution in [0.1, 0.15) is 16.1 Å². The number of phenolic OH excluding ortho intramolecular Hbond substituents is 1. The molecular formula is C13H13NO4. The van der Waals surface area contributed by atoms with Gasteiger partial charge in [0.05, 0.1) is 19.9 Å². The van der Waals surface area contributed by atoms with E-state index in [1.165, 1.54) is 25.3 Å². The molecule has 0 aliphatic rings. The largest absolute Gasteiger partial charge is 0.504 e. The highest BCUT2D eigenvalue weighted by Gasteiger charge is 2.09. The molecule has 0 saturated heterocycles. The van der Waals surface area contributed by atoms with Crippen LogP contribution in [0.2, 0.25) is 0 Å². The summed E-state index contributed by atoms with van der Waals surface area (Å²) in [6, 6.07) is 7.95. The average molecular weight is 247 g/mol. The highest BCUT2D eigenvalue weighted by molar-refractivity contribution is 5.94. The van der Waals surface area contributed by atoms with E-state index in [9.17, 15) is 9.90 Å². The van der Waals surface area contributed by atoms with Crippen LogP contribution in [0.3, 0.4) is 0 Å². The van der Waals surface area contributed by atoms with E-state index < -0.39 is 0 Å². The lowest BCUT2D eigenvalue weighted by Crippen LogP contribution is -2.22. The molecule has 5 nitrogen and oxygen atoms in total. The molecule has 0 aliphatic heterocycles. The van der Waals surface area contributed by atoms with Crippen LogP contribution in [0.4, 0.5) is 0 Å². The third-order valence-corrected chi connectivity index (χ3v) is 2.45. The Kier molecular flexibility index (Phi) is 3.52. The van der Waals surface area contributed by atoms with Gasteiger partial charge in [-0.3, -0.25) is 4.79 Å². The van der Waals surface area contributed by atoms with Crippen molar-refractivity contribution >= 4 is 5.91 Å². The van der Waals surface area contributed by atoms with Gasteiger partial charge >= 0.3 is 0 Å². The predicted octanol–water partition coefficient (Wildman–Crippen LogP) is 1.92. The smallest absolute Gasteiger partial charge is 0.251 e. The Balaban J connectivity index is 2.04. The zero-order valence-electron chi connectivity index (χ0n) is 9.84. The predicted molar refractivity (Wildman–Crippen MR) is 64.5 cm³/mol. The molecule has 1 heterocycles. The Morgan fingerprint density at radius 2 is 2.28 bits per heavy atom. The van der Waals surface area contributed by atoms with E-state index in [1.54, 1.807) is 18.4 Å². The van der Waals surface area contributed by atoms with Crippen molar-refractivity contribution in [3.63, 3.8) is 0 Å². The van der Waals surface area contributed by atoms with Crippen LogP contribution in [-0.2, 0) is 6.54 Å². The maximum atomic E-state index is 11.8. The van der Waals surface area contributed by atoms with Gasteiger partial charge in [0.25, 0.3) is 5.91 Å². The summed E-state index contributed by atoms with van der Waals surface area (Å²) in [5.74, 6) is 0.680. The number of carbonyl (C=O) groups is 1. The molecule has 18 heavy (non-hydrogen) atoms. The molecule has 1 aromatic heterocycles. The van der Waals surface area contributed by atoms with Crippen LogP contribution >= 0.6 is 0 Å². The van der Waals surface area contributed by atoms with E-state index in [0.717, 1.165) is 0 Å². The molecule has 2 rings (SSSR count). The number of aromatic hydroxyl groups is 1. The van der Waals surface area contributed by atoms with E-state index in [4.69, 9.17) is 9.15 Å². The number of carbonyl (C=O) groups excluding carboxylic acids is 1. The number of furan rings is 1. The second-order valence-corrected chi connectivity index (χ2v) is 3.65. The molecule has 2 aromatic rings. The summed E-state index contributed by atoms with van der Waals surface area (Å²) >= 11 is 0. The first kappa shape index (κ1) is 12.0. The number of rotatable bonds is 4. The SMILES string of the molecule is COc1cc(C(=O)NCc2ccco2)ccc1O. The minimum absolute atomic E-state index is 0.0000783. The van der Waals surface area contributed by atoms with E-state index in [-0.39, 0.29) is 17.4 Å². The molecule has 0 aliphatic carbocycles. The summed E-state index contributed by atoms with van der Waals surface area (Å²) in [5, 5.41) is 12.1. The normalized spacial score (nSPS) is 10.1. The van der Waals surface area contributed by atoms with Crippen LogP contribution in [0, 0.1) is 0 Å². The van der Waals surface area contributed by atoms with Crippen LogP contribution in [0.15, 0.2) is 41.0 Å². The van der Waals surface area contributed by atoms with Gasteiger partial charge in [-0.25, -0.2) is 0 Å². The fourth-order valence-electron chi connectivity index (χ4n) is 1.50. The van der Waals surface area contributed by atoms with Gasteiger partial charge in [-0.2, -0.15) is 0 Å². The van der Waals surface area contributed by atoms with Gasteiger partial charge in [0.2, 0.25) is 0 Å². The number of benzene rings is 1. The van der Waals surface area contributed by atoms with Crippen molar-refractivity contribution in [2.75, 3.05) is 7.11 Å². The summed E-state index contributed by atoms with van der Waals surface area (Å²) in [4.78, 5) is 11.8. The van der Waals surface area contributed by atoms with E-state index in [0.29, 0.717) is 17.9 Å². The van der Waals surface area contributed by atoms with Gasteiger partial charge in [-0.15, -0.1) is 0 Å². The van der Waals surface area contributed by atoms with E-state index in [2.05, 4.69) is 5.32 Å². The maximum Gasteiger partial charge on any atom is 0.251 e. The van der Waals surface area contributed by atoms with Crippen molar-refractivity contribution < 1.29 is 19.1 Å². The number of nitrogens with one attached hydrogen (secondary N) is 1. The standard InChI is InChI=1S/C13H13NO4/c1-17-12-7-9(4-5-11(12)15)13(16)14-8-10-3-2-6-18-10/h2-7,15H,8H2,1H3,(H,14,16). The summed E-state index contributed by atoms with van der Waals surface area (Å²) in [5.41, 5.74) is 0.413. The van der Waals surface area contributed by atoms with Crippen molar-refractivity contribution in [2.24, 2.45) is 0 Å². The lowest BCUT2D eigenvalue weighted by Gasteiger charge is -2.07. The molecule has 1 amide bonds. The molecule has 0 fully saturated rings. The molecule has 2 N–H and O–H groups in total. The fourth-order valence-corrected chi connectivity index (χ4v) is 1.50.